The summed E-state index contributed by atoms with van der Waals surface area (Å²) in [6, 6.07) is 0. The minimum absolute atomic E-state index is 0.106. The van der Waals surface area contributed by atoms with Crippen LogP contribution in [0.1, 0.15) is 142 Å². The van der Waals surface area contributed by atoms with Crippen LogP contribution < -0.4 is 0 Å². The van der Waals surface area contributed by atoms with E-state index in [1.807, 2.05) is 0 Å². The van der Waals surface area contributed by atoms with E-state index in [0.29, 0.717) is 12.8 Å². The molecule has 0 aliphatic rings. The molecule has 0 rings (SSSR count). The minimum atomic E-state index is -4.69. The van der Waals surface area contributed by atoms with E-state index in [4.69, 9.17) is 9.05 Å². The normalized spacial score (nSPS) is 12.5. The predicted octanol–water partition coefficient (Wildman–Crippen LogP) is 8.71. The maximum Gasteiger partial charge on any atom is 0.560 e. The first-order valence-electron chi connectivity index (χ1n) is 13.3. The van der Waals surface area contributed by atoms with Gasteiger partial charge in [-0.15, -0.1) is 0 Å². The van der Waals surface area contributed by atoms with Gasteiger partial charge >= 0.3 is 14.9 Å². The second-order valence-corrected chi connectivity index (χ2v) is 14.6. The van der Waals surface area contributed by atoms with Crippen LogP contribution in [0, 0.1) is 0 Å². The molecule has 0 aromatic carbocycles. The fourth-order valence-electron chi connectivity index (χ4n) is 3.73. The van der Waals surface area contributed by atoms with Gasteiger partial charge in [-0.2, -0.15) is 14.7 Å². The zero-order valence-corrected chi connectivity index (χ0v) is 22.8. The average Bonchev–Trinajstić information content (AvgIpc) is 2.75. The van der Waals surface area contributed by atoms with Crippen molar-refractivity contribution in [3.8, 4) is 0 Å². The summed E-state index contributed by atoms with van der Waals surface area (Å²) < 4.78 is 23.0. The second kappa shape index (κ2) is 22.0. The maximum absolute atomic E-state index is 12.6. The van der Waals surface area contributed by atoms with Crippen molar-refractivity contribution >= 4 is 14.9 Å². The van der Waals surface area contributed by atoms with Crippen LogP contribution in [-0.4, -0.2) is 27.9 Å². The van der Waals surface area contributed by atoms with E-state index in [9.17, 15) is 19.2 Å². The molecule has 0 fully saturated rings. The number of unbranched alkanes of at least 4 members (excludes halogenated alkanes) is 18. The Bertz CT molecular complexity index is 413. The van der Waals surface area contributed by atoms with Gasteiger partial charge < -0.3 is 0 Å². The molecule has 0 aromatic rings. The van der Waals surface area contributed by atoms with Crippen molar-refractivity contribution in [1.82, 2.24) is 0 Å². The molecule has 0 aromatic heterocycles. The molecule has 0 radical (unpaired) electrons. The molecule has 0 unspecified atom stereocenters. The topological polar surface area (TPSA) is 96.2 Å². The van der Waals surface area contributed by atoms with Gasteiger partial charge in [0, 0.05) is 0 Å². The standard InChI is InChI=1S/C24H53O6P2/c1-3-5-7-9-11-13-15-17-19-21-23-29-32(28,31(25,26)27)30-24-22-20-18-16-14-12-10-8-6-4-2/h25-27H,3-24H2,1-2H3/q+1. The molecular weight excluding hydrogens is 446 g/mol. The Hall–Kier alpha value is 0.460. The van der Waals surface area contributed by atoms with Crippen LogP contribution in [0.25, 0.3) is 0 Å². The summed E-state index contributed by atoms with van der Waals surface area (Å²) in [7, 11) is -8.97. The van der Waals surface area contributed by atoms with Gasteiger partial charge in [-0.3, -0.25) is 9.05 Å². The van der Waals surface area contributed by atoms with Gasteiger partial charge in [0.15, 0.2) is 0 Å². The minimum Gasteiger partial charge on any atom is -0.273 e. The summed E-state index contributed by atoms with van der Waals surface area (Å²) in [5.74, 6) is 0. The average molecular weight is 500 g/mol. The molecule has 32 heavy (non-hydrogen) atoms. The molecule has 0 bridgehead atoms. The number of hydrogen-bond acceptors (Lipinski definition) is 6. The van der Waals surface area contributed by atoms with Crippen LogP contribution >= 0.6 is 14.9 Å². The second-order valence-electron chi connectivity index (χ2n) is 9.04. The molecule has 3 N–H and O–H groups in total. The summed E-state index contributed by atoms with van der Waals surface area (Å²) in [5, 5.41) is 0. The highest BCUT2D eigenvalue weighted by Gasteiger charge is 2.59. The first kappa shape index (κ1) is 32.5. The molecule has 194 valence electrons. The Labute approximate surface area is 198 Å². The molecule has 0 heterocycles. The van der Waals surface area contributed by atoms with Crippen LogP contribution in [0.2, 0.25) is 0 Å². The van der Waals surface area contributed by atoms with Gasteiger partial charge in [-0.05, 0) is 12.8 Å². The lowest BCUT2D eigenvalue weighted by molar-refractivity contribution is 0.196. The third-order valence-corrected chi connectivity index (χ3v) is 10.2. The van der Waals surface area contributed by atoms with Gasteiger partial charge in [0.2, 0.25) is 0 Å². The highest BCUT2D eigenvalue weighted by molar-refractivity contribution is 8.30. The van der Waals surface area contributed by atoms with Crippen LogP contribution in [0.15, 0.2) is 0 Å². The first-order valence-corrected chi connectivity index (χ1v) is 17.2. The van der Waals surface area contributed by atoms with Gasteiger partial charge in [0.25, 0.3) is 0 Å². The molecular formula is C24H53O6P2+. The fourth-order valence-corrected chi connectivity index (χ4v) is 6.25. The van der Waals surface area contributed by atoms with Crippen molar-refractivity contribution < 1.29 is 28.3 Å². The zero-order valence-electron chi connectivity index (χ0n) is 21.0. The summed E-state index contributed by atoms with van der Waals surface area (Å²) in [6.07, 6.45) is 23.2. The monoisotopic (exact) mass is 499 g/mol. The van der Waals surface area contributed by atoms with Crippen molar-refractivity contribution in [3.63, 3.8) is 0 Å². The lowest BCUT2D eigenvalue weighted by Crippen LogP contribution is -2.03. The Morgan fingerprint density at radius 1 is 0.500 bits per heavy atom. The van der Waals surface area contributed by atoms with Crippen molar-refractivity contribution in [2.75, 3.05) is 13.2 Å². The Morgan fingerprint density at radius 3 is 1.00 bits per heavy atom. The highest BCUT2D eigenvalue weighted by Crippen LogP contribution is 2.83. The van der Waals surface area contributed by atoms with E-state index in [2.05, 4.69) is 13.8 Å². The smallest absolute Gasteiger partial charge is 0.273 e. The van der Waals surface area contributed by atoms with Crippen LogP contribution in [0.3, 0.4) is 0 Å². The summed E-state index contributed by atoms with van der Waals surface area (Å²) in [5.41, 5.74) is 0. The summed E-state index contributed by atoms with van der Waals surface area (Å²) in [6.45, 7) is 4.66. The van der Waals surface area contributed by atoms with E-state index in [1.54, 1.807) is 0 Å². The van der Waals surface area contributed by atoms with Crippen molar-refractivity contribution in [2.45, 2.75) is 142 Å². The van der Waals surface area contributed by atoms with Crippen molar-refractivity contribution in [3.05, 3.63) is 0 Å². The Balaban J connectivity index is 3.79. The quantitative estimate of drug-likeness (QED) is 0.0858. The maximum atomic E-state index is 12.6. The lowest BCUT2D eigenvalue weighted by Gasteiger charge is -2.17. The summed E-state index contributed by atoms with van der Waals surface area (Å²) in [4.78, 5) is 28.7. The Morgan fingerprint density at radius 2 is 0.750 bits per heavy atom. The Kier molecular flexibility index (Phi) is 22.3. The van der Waals surface area contributed by atoms with E-state index < -0.39 is 14.9 Å². The number of hydrogen-bond donors (Lipinski definition) is 3. The number of rotatable bonds is 25. The van der Waals surface area contributed by atoms with E-state index >= 15 is 0 Å². The summed E-state index contributed by atoms with van der Waals surface area (Å²) >= 11 is 0. The van der Waals surface area contributed by atoms with Gasteiger partial charge in [0.05, 0.1) is 13.2 Å². The van der Waals surface area contributed by atoms with Crippen LogP contribution in [-0.2, 0) is 13.6 Å². The van der Waals surface area contributed by atoms with E-state index in [1.165, 1.54) is 89.9 Å². The van der Waals surface area contributed by atoms with E-state index in [-0.39, 0.29) is 13.2 Å². The first-order chi connectivity index (χ1) is 15.4. The lowest BCUT2D eigenvalue weighted by atomic mass is 10.1. The largest absolute Gasteiger partial charge is 0.560 e. The predicted molar refractivity (Wildman–Crippen MR) is 137 cm³/mol. The SMILES string of the molecule is CCCCCCCCCCCCOP(=O)(OCCCCCCCCCCCC)[P+](O)(O)O. The van der Waals surface area contributed by atoms with Crippen molar-refractivity contribution in [1.29, 1.82) is 0 Å². The third kappa shape index (κ3) is 18.8. The molecule has 0 atom stereocenters. The molecule has 8 heteroatoms. The van der Waals surface area contributed by atoms with Crippen molar-refractivity contribution in [2.24, 2.45) is 0 Å². The van der Waals surface area contributed by atoms with Crippen LogP contribution in [0.4, 0.5) is 0 Å². The molecule has 0 spiro atoms. The molecule has 0 saturated carbocycles. The molecule has 0 aliphatic carbocycles. The molecule has 0 saturated heterocycles. The van der Waals surface area contributed by atoms with Gasteiger partial charge in [-0.1, -0.05) is 129 Å². The fraction of sp³-hybridized carbons (Fsp3) is 1.00. The highest BCUT2D eigenvalue weighted by atomic mass is 32.1. The van der Waals surface area contributed by atoms with Crippen LogP contribution in [0.5, 0.6) is 0 Å². The van der Waals surface area contributed by atoms with E-state index in [0.717, 1.165) is 25.7 Å². The zero-order chi connectivity index (χ0) is 24.0. The molecule has 6 nitrogen and oxygen atoms in total. The molecule has 0 amide bonds. The third-order valence-electron chi connectivity index (χ3n) is 5.83. The van der Waals surface area contributed by atoms with Gasteiger partial charge in [0.1, 0.15) is 0 Å². The molecule has 0 aliphatic heterocycles. The van der Waals surface area contributed by atoms with Gasteiger partial charge in [-0.25, -0.2) is 4.57 Å².